The number of rotatable bonds is 10. The standard InChI is InChI=1S/C16H34N2/c1-2-3-4-5-6-7-8-9-10-13-18-14-11-12-16(17)15-18/h16H,2-15,17H2,1H3. The van der Waals surface area contributed by atoms with Gasteiger partial charge in [-0.2, -0.15) is 0 Å². The second-order valence-corrected chi connectivity index (χ2v) is 6.03. The molecular formula is C16H34N2. The minimum Gasteiger partial charge on any atom is -0.327 e. The van der Waals surface area contributed by atoms with Crippen molar-refractivity contribution in [3.05, 3.63) is 0 Å². The maximum Gasteiger partial charge on any atom is 0.0168 e. The fourth-order valence-corrected chi connectivity index (χ4v) is 2.94. The van der Waals surface area contributed by atoms with Gasteiger partial charge in [0.25, 0.3) is 0 Å². The van der Waals surface area contributed by atoms with Crippen molar-refractivity contribution in [3.63, 3.8) is 0 Å². The van der Waals surface area contributed by atoms with Crippen molar-refractivity contribution in [1.29, 1.82) is 0 Å². The van der Waals surface area contributed by atoms with Crippen LogP contribution < -0.4 is 5.73 Å². The first-order valence-electron chi connectivity index (χ1n) is 8.31. The molecule has 0 saturated carbocycles. The molecule has 1 saturated heterocycles. The van der Waals surface area contributed by atoms with Crippen LogP contribution in [0, 0.1) is 0 Å². The second-order valence-electron chi connectivity index (χ2n) is 6.03. The van der Waals surface area contributed by atoms with E-state index < -0.39 is 0 Å². The van der Waals surface area contributed by atoms with Crippen LogP contribution in [0.25, 0.3) is 0 Å². The largest absolute Gasteiger partial charge is 0.327 e. The number of hydrogen-bond acceptors (Lipinski definition) is 2. The van der Waals surface area contributed by atoms with Gasteiger partial charge in [0.15, 0.2) is 0 Å². The quantitative estimate of drug-likeness (QED) is 0.598. The molecule has 1 rings (SSSR count). The van der Waals surface area contributed by atoms with E-state index in [4.69, 9.17) is 5.73 Å². The molecule has 108 valence electrons. The smallest absolute Gasteiger partial charge is 0.0168 e. The zero-order valence-corrected chi connectivity index (χ0v) is 12.5. The van der Waals surface area contributed by atoms with Gasteiger partial charge in [-0.05, 0) is 32.4 Å². The van der Waals surface area contributed by atoms with Crippen molar-refractivity contribution in [2.45, 2.75) is 83.6 Å². The van der Waals surface area contributed by atoms with Crippen LogP contribution >= 0.6 is 0 Å². The molecule has 18 heavy (non-hydrogen) atoms. The van der Waals surface area contributed by atoms with E-state index in [-0.39, 0.29) is 0 Å². The van der Waals surface area contributed by atoms with E-state index >= 15 is 0 Å². The highest BCUT2D eigenvalue weighted by molar-refractivity contribution is 4.74. The van der Waals surface area contributed by atoms with Gasteiger partial charge >= 0.3 is 0 Å². The summed E-state index contributed by atoms with van der Waals surface area (Å²) >= 11 is 0. The number of nitrogens with two attached hydrogens (primary N) is 1. The van der Waals surface area contributed by atoms with Crippen molar-refractivity contribution in [3.8, 4) is 0 Å². The van der Waals surface area contributed by atoms with Gasteiger partial charge in [0.1, 0.15) is 0 Å². The van der Waals surface area contributed by atoms with Gasteiger partial charge in [-0.3, -0.25) is 0 Å². The average Bonchev–Trinajstić information content (AvgIpc) is 2.37. The van der Waals surface area contributed by atoms with E-state index in [1.807, 2.05) is 0 Å². The van der Waals surface area contributed by atoms with Crippen molar-refractivity contribution in [2.75, 3.05) is 19.6 Å². The van der Waals surface area contributed by atoms with Crippen LogP contribution in [-0.4, -0.2) is 30.6 Å². The maximum atomic E-state index is 5.99. The Balaban J connectivity index is 1.80. The molecule has 1 unspecified atom stereocenters. The second kappa shape index (κ2) is 10.8. The fraction of sp³-hybridized carbons (Fsp3) is 1.00. The molecule has 0 aromatic carbocycles. The summed E-state index contributed by atoms with van der Waals surface area (Å²) in [5.41, 5.74) is 5.99. The first-order chi connectivity index (χ1) is 8.83. The molecule has 1 atom stereocenters. The van der Waals surface area contributed by atoms with Gasteiger partial charge in [0, 0.05) is 12.6 Å². The highest BCUT2D eigenvalue weighted by Gasteiger charge is 2.15. The van der Waals surface area contributed by atoms with Crippen molar-refractivity contribution in [2.24, 2.45) is 5.73 Å². The lowest BCUT2D eigenvalue weighted by Crippen LogP contribution is -2.43. The Bertz CT molecular complexity index is 182. The summed E-state index contributed by atoms with van der Waals surface area (Å²) in [5, 5.41) is 0. The van der Waals surface area contributed by atoms with Gasteiger partial charge in [-0.25, -0.2) is 0 Å². The molecule has 0 amide bonds. The summed E-state index contributed by atoms with van der Waals surface area (Å²) in [6, 6.07) is 0.442. The van der Waals surface area contributed by atoms with Crippen molar-refractivity contribution >= 4 is 0 Å². The Kier molecular flexibility index (Phi) is 9.59. The van der Waals surface area contributed by atoms with Gasteiger partial charge in [-0.1, -0.05) is 58.3 Å². The molecule has 1 heterocycles. The normalized spacial score (nSPS) is 21.3. The highest BCUT2D eigenvalue weighted by atomic mass is 15.1. The fourth-order valence-electron chi connectivity index (χ4n) is 2.94. The molecule has 2 heteroatoms. The Morgan fingerprint density at radius 3 is 2.17 bits per heavy atom. The van der Waals surface area contributed by atoms with Crippen LogP contribution in [0.2, 0.25) is 0 Å². The molecule has 1 fully saturated rings. The molecule has 0 aromatic rings. The predicted molar refractivity (Wildman–Crippen MR) is 80.9 cm³/mol. The third kappa shape index (κ3) is 8.10. The molecule has 2 N–H and O–H groups in total. The lowest BCUT2D eigenvalue weighted by molar-refractivity contribution is 0.205. The van der Waals surface area contributed by atoms with E-state index in [0.29, 0.717) is 6.04 Å². The highest BCUT2D eigenvalue weighted by Crippen LogP contribution is 2.12. The van der Waals surface area contributed by atoms with Gasteiger partial charge in [0.2, 0.25) is 0 Å². The van der Waals surface area contributed by atoms with E-state index in [2.05, 4.69) is 11.8 Å². The predicted octanol–water partition coefficient (Wildman–Crippen LogP) is 3.94. The van der Waals surface area contributed by atoms with Crippen LogP contribution in [0.4, 0.5) is 0 Å². The number of unbranched alkanes of at least 4 members (excludes halogenated alkanes) is 8. The third-order valence-corrected chi connectivity index (χ3v) is 4.12. The summed E-state index contributed by atoms with van der Waals surface area (Å²) in [6.45, 7) is 5.98. The SMILES string of the molecule is CCCCCCCCCCCN1CCCC(N)C1. The molecule has 0 aromatic heterocycles. The Morgan fingerprint density at radius 1 is 0.944 bits per heavy atom. The first kappa shape index (κ1) is 16.0. The van der Waals surface area contributed by atoms with Gasteiger partial charge in [-0.15, -0.1) is 0 Å². The van der Waals surface area contributed by atoms with E-state index in [1.54, 1.807) is 0 Å². The Hall–Kier alpha value is -0.0800. The third-order valence-electron chi connectivity index (χ3n) is 4.12. The molecular weight excluding hydrogens is 220 g/mol. The molecule has 0 spiro atoms. The lowest BCUT2D eigenvalue weighted by atomic mass is 10.1. The van der Waals surface area contributed by atoms with Crippen LogP contribution in [0.1, 0.15) is 77.6 Å². The summed E-state index contributed by atoms with van der Waals surface area (Å²) in [5.74, 6) is 0. The zero-order chi connectivity index (χ0) is 13.1. The van der Waals surface area contributed by atoms with Crippen LogP contribution in [-0.2, 0) is 0 Å². The number of nitrogens with zero attached hydrogens (tertiary/aromatic N) is 1. The lowest BCUT2D eigenvalue weighted by Gasteiger charge is -2.30. The van der Waals surface area contributed by atoms with Gasteiger partial charge < -0.3 is 10.6 Å². The van der Waals surface area contributed by atoms with Gasteiger partial charge in [0.05, 0.1) is 0 Å². The number of piperidine rings is 1. The van der Waals surface area contributed by atoms with Crippen molar-refractivity contribution in [1.82, 2.24) is 4.90 Å². The average molecular weight is 254 g/mol. The molecule has 1 aliphatic rings. The summed E-state index contributed by atoms with van der Waals surface area (Å²) < 4.78 is 0. The first-order valence-corrected chi connectivity index (χ1v) is 8.31. The van der Waals surface area contributed by atoms with Crippen LogP contribution in [0.5, 0.6) is 0 Å². The summed E-state index contributed by atoms with van der Waals surface area (Å²) in [6.07, 6.45) is 15.3. The maximum absolute atomic E-state index is 5.99. The molecule has 1 aliphatic heterocycles. The molecule has 0 radical (unpaired) electrons. The van der Waals surface area contributed by atoms with Crippen molar-refractivity contribution < 1.29 is 0 Å². The van der Waals surface area contributed by atoms with E-state index in [0.717, 1.165) is 6.54 Å². The summed E-state index contributed by atoms with van der Waals surface area (Å²) in [4.78, 5) is 2.56. The Labute approximate surface area is 114 Å². The minimum absolute atomic E-state index is 0.442. The summed E-state index contributed by atoms with van der Waals surface area (Å²) in [7, 11) is 0. The molecule has 2 nitrogen and oxygen atoms in total. The monoisotopic (exact) mass is 254 g/mol. The number of likely N-dealkylation sites (tertiary alicyclic amines) is 1. The minimum atomic E-state index is 0.442. The Morgan fingerprint density at radius 2 is 1.56 bits per heavy atom. The van der Waals surface area contributed by atoms with E-state index in [1.165, 1.54) is 83.7 Å². The topological polar surface area (TPSA) is 29.3 Å². The molecule has 0 bridgehead atoms. The van der Waals surface area contributed by atoms with Crippen LogP contribution in [0.3, 0.4) is 0 Å². The van der Waals surface area contributed by atoms with E-state index in [9.17, 15) is 0 Å². The molecule has 0 aliphatic carbocycles. The van der Waals surface area contributed by atoms with Crippen LogP contribution in [0.15, 0.2) is 0 Å². The number of hydrogen-bond donors (Lipinski definition) is 1. The zero-order valence-electron chi connectivity index (χ0n) is 12.5.